The fraction of sp³-hybridized carbons (Fsp3) is 0.529. The topological polar surface area (TPSA) is 82.3 Å². The monoisotopic (exact) mass is 302 g/mol. The van der Waals surface area contributed by atoms with E-state index in [0.717, 1.165) is 25.7 Å². The normalized spacial score (nSPS) is 22.5. The molecule has 3 atom stereocenters. The zero-order chi connectivity index (χ0) is 15.9. The molecule has 0 spiro atoms. The lowest BCUT2D eigenvalue weighted by molar-refractivity contribution is -0.146. The Labute approximate surface area is 130 Å². The van der Waals surface area contributed by atoms with E-state index in [2.05, 4.69) is 11.4 Å². The van der Waals surface area contributed by atoms with Gasteiger partial charge < -0.3 is 9.84 Å². The number of phenols is 1. The number of carbonyl (C=O) groups excluding carboxylic acids is 1. The van der Waals surface area contributed by atoms with E-state index in [9.17, 15) is 9.90 Å². The predicted molar refractivity (Wildman–Crippen MR) is 82.0 cm³/mol. The smallest absolute Gasteiger partial charge is 0.327 e. The van der Waals surface area contributed by atoms with Crippen LogP contribution >= 0.6 is 0 Å². The van der Waals surface area contributed by atoms with Crippen molar-refractivity contribution in [2.24, 2.45) is 5.92 Å². The summed E-state index contributed by atoms with van der Waals surface area (Å²) in [4.78, 5) is 12.2. The van der Waals surface area contributed by atoms with E-state index in [-0.39, 0.29) is 23.7 Å². The number of nitriles is 1. The van der Waals surface area contributed by atoms with Gasteiger partial charge in [0.2, 0.25) is 0 Å². The van der Waals surface area contributed by atoms with Gasteiger partial charge in [0.15, 0.2) is 0 Å². The Morgan fingerprint density at radius 2 is 2.36 bits per heavy atom. The molecule has 1 fully saturated rings. The molecule has 2 rings (SSSR count). The molecule has 1 aromatic rings. The van der Waals surface area contributed by atoms with Gasteiger partial charge in [0, 0.05) is 12.0 Å². The highest BCUT2D eigenvalue weighted by Gasteiger charge is 2.28. The summed E-state index contributed by atoms with van der Waals surface area (Å²) >= 11 is 0. The second-order valence-corrected chi connectivity index (χ2v) is 5.64. The maximum Gasteiger partial charge on any atom is 0.327 e. The van der Waals surface area contributed by atoms with Gasteiger partial charge in [0.1, 0.15) is 11.8 Å². The SMILES string of the molecule is CCOC(=O)[C@H](N[C@H]1CCC[C@@H](C#N)C1)c1cccc(O)c1. The summed E-state index contributed by atoms with van der Waals surface area (Å²) in [6, 6.07) is 8.44. The number of hydrogen-bond acceptors (Lipinski definition) is 5. The first-order valence-corrected chi connectivity index (χ1v) is 7.75. The minimum absolute atomic E-state index is 0.0401. The Kier molecular flexibility index (Phi) is 5.79. The van der Waals surface area contributed by atoms with Crippen molar-refractivity contribution in [1.82, 2.24) is 5.32 Å². The van der Waals surface area contributed by atoms with Crippen LogP contribution in [0, 0.1) is 17.2 Å². The Morgan fingerprint density at radius 1 is 1.55 bits per heavy atom. The van der Waals surface area contributed by atoms with Gasteiger partial charge in [-0.3, -0.25) is 5.32 Å². The lowest BCUT2D eigenvalue weighted by Gasteiger charge is -2.29. The third-order valence-electron chi connectivity index (χ3n) is 3.98. The molecule has 118 valence electrons. The summed E-state index contributed by atoms with van der Waals surface area (Å²) in [5.41, 5.74) is 0.678. The quantitative estimate of drug-likeness (QED) is 0.817. The number of nitrogens with one attached hydrogen (secondary N) is 1. The molecule has 0 aliphatic heterocycles. The van der Waals surface area contributed by atoms with E-state index in [4.69, 9.17) is 10.00 Å². The highest BCUT2D eigenvalue weighted by atomic mass is 16.5. The zero-order valence-electron chi connectivity index (χ0n) is 12.8. The van der Waals surface area contributed by atoms with Crippen molar-refractivity contribution in [3.63, 3.8) is 0 Å². The summed E-state index contributed by atoms with van der Waals surface area (Å²) in [6.07, 6.45) is 3.58. The van der Waals surface area contributed by atoms with Crippen molar-refractivity contribution in [2.45, 2.75) is 44.7 Å². The Morgan fingerprint density at radius 3 is 3.05 bits per heavy atom. The van der Waals surface area contributed by atoms with Crippen LogP contribution in [-0.4, -0.2) is 23.7 Å². The molecule has 0 amide bonds. The van der Waals surface area contributed by atoms with Gasteiger partial charge in [-0.1, -0.05) is 18.6 Å². The van der Waals surface area contributed by atoms with Crippen LogP contribution in [0.25, 0.3) is 0 Å². The fourth-order valence-corrected chi connectivity index (χ4v) is 2.92. The van der Waals surface area contributed by atoms with Gasteiger partial charge in [-0.15, -0.1) is 0 Å². The second kappa shape index (κ2) is 7.81. The van der Waals surface area contributed by atoms with Crippen LogP contribution in [0.15, 0.2) is 24.3 Å². The fourth-order valence-electron chi connectivity index (χ4n) is 2.92. The highest BCUT2D eigenvalue weighted by molar-refractivity contribution is 5.77. The number of hydrogen-bond donors (Lipinski definition) is 2. The lowest BCUT2D eigenvalue weighted by atomic mass is 9.86. The van der Waals surface area contributed by atoms with E-state index in [1.807, 2.05) is 0 Å². The standard InChI is InChI=1S/C17H22N2O3/c1-2-22-17(21)16(13-6-4-8-15(20)10-13)19-14-7-3-5-12(9-14)11-18/h4,6,8,10,12,14,16,19-20H,2-3,5,7,9H2,1H3/t12-,14+,16-/m1/s1. The molecule has 0 unspecified atom stereocenters. The number of esters is 1. The molecule has 0 radical (unpaired) electrons. The van der Waals surface area contributed by atoms with Crippen LogP contribution < -0.4 is 5.32 Å². The van der Waals surface area contributed by atoms with Crippen molar-refractivity contribution in [3.8, 4) is 11.8 Å². The van der Waals surface area contributed by atoms with Crippen molar-refractivity contribution < 1.29 is 14.6 Å². The molecule has 22 heavy (non-hydrogen) atoms. The average molecular weight is 302 g/mol. The van der Waals surface area contributed by atoms with E-state index in [1.54, 1.807) is 31.2 Å². The predicted octanol–water partition coefficient (Wildman–Crippen LogP) is 2.67. The van der Waals surface area contributed by atoms with Crippen molar-refractivity contribution in [3.05, 3.63) is 29.8 Å². The number of phenolic OH excluding ortho intramolecular Hbond substituents is 1. The molecular weight excluding hydrogens is 280 g/mol. The highest BCUT2D eigenvalue weighted by Crippen LogP contribution is 2.27. The summed E-state index contributed by atoms with van der Waals surface area (Å²) < 4.78 is 5.14. The number of ether oxygens (including phenoxy) is 1. The van der Waals surface area contributed by atoms with Crippen LogP contribution in [0.3, 0.4) is 0 Å². The average Bonchev–Trinajstić information content (AvgIpc) is 2.53. The maximum atomic E-state index is 12.2. The molecule has 5 nitrogen and oxygen atoms in total. The summed E-state index contributed by atoms with van der Waals surface area (Å²) in [7, 11) is 0. The first-order valence-electron chi connectivity index (χ1n) is 7.75. The summed E-state index contributed by atoms with van der Waals surface area (Å²) in [6.45, 7) is 2.07. The number of nitrogens with zero attached hydrogens (tertiary/aromatic N) is 1. The zero-order valence-corrected chi connectivity index (χ0v) is 12.8. The minimum Gasteiger partial charge on any atom is -0.508 e. The van der Waals surface area contributed by atoms with Crippen LogP contribution in [0.4, 0.5) is 0 Å². The second-order valence-electron chi connectivity index (χ2n) is 5.64. The Bertz CT molecular complexity index is 553. The van der Waals surface area contributed by atoms with Crippen LogP contribution in [0.5, 0.6) is 5.75 Å². The van der Waals surface area contributed by atoms with Gasteiger partial charge in [0.25, 0.3) is 0 Å². The molecule has 1 saturated carbocycles. The number of aromatic hydroxyl groups is 1. The van der Waals surface area contributed by atoms with Gasteiger partial charge in [-0.2, -0.15) is 5.26 Å². The maximum absolute atomic E-state index is 12.2. The van der Waals surface area contributed by atoms with Gasteiger partial charge in [0.05, 0.1) is 12.7 Å². The van der Waals surface area contributed by atoms with E-state index in [0.29, 0.717) is 12.2 Å². The van der Waals surface area contributed by atoms with E-state index >= 15 is 0 Å². The van der Waals surface area contributed by atoms with Gasteiger partial charge in [-0.05, 0) is 43.9 Å². The van der Waals surface area contributed by atoms with Crippen molar-refractivity contribution in [1.29, 1.82) is 5.26 Å². The largest absolute Gasteiger partial charge is 0.508 e. The molecule has 0 saturated heterocycles. The van der Waals surface area contributed by atoms with Crippen molar-refractivity contribution >= 4 is 5.97 Å². The number of rotatable bonds is 5. The van der Waals surface area contributed by atoms with Crippen LogP contribution in [-0.2, 0) is 9.53 Å². The van der Waals surface area contributed by atoms with Gasteiger partial charge in [-0.25, -0.2) is 4.79 Å². The first-order chi connectivity index (χ1) is 10.6. The molecule has 1 aliphatic carbocycles. The third-order valence-corrected chi connectivity index (χ3v) is 3.98. The van der Waals surface area contributed by atoms with E-state index in [1.165, 1.54) is 0 Å². The third kappa shape index (κ3) is 4.22. The summed E-state index contributed by atoms with van der Waals surface area (Å²) in [5, 5.41) is 22.0. The Hall–Kier alpha value is -2.06. The van der Waals surface area contributed by atoms with Crippen LogP contribution in [0.2, 0.25) is 0 Å². The molecule has 0 bridgehead atoms. The van der Waals surface area contributed by atoms with Crippen LogP contribution in [0.1, 0.15) is 44.2 Å². The van der Waals surface area contributed by atoms with Gasteiger partial charge >= 0.3 is 5.97 Å². The molecule has 0 aromatic heterocycles. The lowest BCUT2D eigenvalue weighted by Crippen LogP contribution is -2.40. The van der Waals surface area contributed by atoms with Crippen molar-refractivity contribution in [2.75, 3.05) is 6.61 Å². The molecule has 1 aliphatic rings. The minimum atomic E-state index is -0.616. The molecule has 2 N–H and O–H groups in total. The first kappa shape index (κ1) is 16.3. The number of benzene rings is 1. The Balaban J connectivity index is 2.14. The molecular formula is C17H22N2O3. The summed E-state index contributed by atoms with van der Waals surface area (Å²) in [5.74, 6) is -0.197. The molecule has 5 heteroatoms. The van der Waals surface area contributed by atoms with E-state index < -0.39 is 6.04 Å². The molecule has 0 heterocycles. The molecule has 1 aromatic carbocycles. The number of carbonyl (C=O) groups is 1.